The third kappa shape index (κ3) is 14.1. The number of rotatable bonds is 20. The van der Waals surface area contributed by atoms with Crippen molar-refractivity contribution in [3.8, 4) is 16.9 Å². The number of fused-ring (bicyclic) bond motifs is 2. The van der Waals surface area contributed by atoms with E-state index in [0.29, 0.717) is 22.3 Å². The maximum atomic E-state index is 14.3. The zero-order valence-electron chi connectivity index (χ0n) is 58.0. The van der Waals surface area contributed by atoms with Gasteiger partial charge in [0.25, 0.3) is 23.4 Å². The molecule has 4 fully saturated rings. The fourth-order valence-electron chi connectivity index (χ4n) is 13.3. The van der Waals surface area contributed by atoms with E-state index in [4.69, 9.17) is 18.9 Å². The van der Waals surface area contributed by atoms with E-state index in [2.05, 4.69) is 20.6 Å². The standard InChI is InChI=1S/C46H44N4O8S.C34H27N3O9S/c1-45(2,34-25-23-31(24-26-34)30-16-8-5-9-17-30)58-44(54)49-29-28-48-40(51)36(35-22-14-15-27-47-35)37-41(52)50-39(46(3,4)59(55,56)42(37)50)43(53)57-38(32-18-10-6-11-19-32)33-20-12-7-13-21-33;1-34(2)29(33(40)46-28(21-11-5-3-6-12-21)22-13-7-4-8-14-22)36-30(38)27(31(36)47(34,43)44)26(25-15-9-10-20-35-25)32(39)45-24-18-16-23(17-19-24)37(41)42/h5-27,38-39,42H,28-29H2,1-4H3,(H,48,51)(H,49,54);3-20,28-29,31H,1-2H3/b37-36+;27-26+/t39-,42+;29-,31+/m00/s1. The summed E-state index contributed by atoms with van der Waals surface area (Å²) in [6.07, 6.45) is 0.278. The minimum absolute atomic E-state index is 0.0327. The Kier molecular flexibility index (Phi) is 20.7. The lowest BCUT2D eigenvalue weighted by Gasteiger charge is -2.40. The van der Waals surface area contributed by atoms with E-state index in [1.807, 2.05) is 78.9 Å². The summed E-state index contributed by atoms with van der Waals surface area (Å²) in [7, 11) is -8.67. The lowest BCUT2D eigenvalue weighted by Crippen LogP contribution is -2.60. The average molecular weight is 1470 g/mol. The fraction of sp³-hybridized carbons (Fsp3) is 0.212. The van der Waals surface area contributed by atoms with Crippen molar-refractivity contribution in [3.05, 3.63) is 309 Å². The van der Waals surface area contributed by atoms with Crippen LogP contribution in [-0.4, -0.2) is 129 Å². The Morgan fingerprint density at radius 1 is 0.509 bits per heavy atom. The third-order valence-electron chi connectivity index (χ3n) is 19.0. The van der Waals surface area contributed by atoms with Crippen LogP contribution in [0.25, 0.3) is 22.3 Å². The molecule has 7 aromatic carbocycles. The molecule has 2 aromatic heterocycles. The molecule has 0 spiro atoms. The van der Waals surface area contributed by atoms with Crippen LogP contribution in [0.1, 0.15) is 93.0 Å². The smallest absolute Gasteiger partial charge is 0.408 e. The average Bonchev–Trinajstić information content (AvgIpc) is 1.52. The van der Waals surface area contributed by atoms with Gasteiger partial charge in [-0.1, -0.05) is 188 Å². The van der Waals surface area contributed by atoms with E-state index in [-0.39, 0.29) is 47.1 Å². The minimum atomic E-state index is -4.35. The van der Waals surface area contributed by atoms with Crippen LogP contribution in [0.5, 0.6) is 5.75 Å². The monoisotopic (exact) mass is 1470 g/mol. The number of benzene rings is 7. The third-order valence-corrected chi connectivity index (χ3v) is 24.4. The van der Waals surface area contributed by atoms with Crippen LogP contribution in [0.2, 0.25) is 0 Å². The van der Waals surface area contributed by atoms with Crippen LogP contribution in [0.15, 0.2) is 260 Å². The normalized spacial score (nSPS) is 19.3. The van der Waals surface area contributed by atoms with Gasteiger partial charge in [0, 0.05) is 37.6 Å². The molecule has 0 unspecified atom stereocenters. The predicted molar refractivity (Wildman–Crippen MR) is 390 cm³/mol. The number of esters is 3. The zero-order chi connectivity index (χ0) is 75.5. The van der Waals surface area contributed by atoms with Gasteiger partial charge >= 0.3 is 24.0 Å². The second-order valence-electron chi connectivity index (χ2n) is 26.7. The maximum Gasteiger partial charge on any atom is 0.408 e. The van der Waals surface area contributed by atoms with Crippen molar-refractivity contribution >= 4 is 78.2 Å². The largest absolute Gasteiger partial charge is 0.451 e. The molecule has 24 nitrogen and oxygen atoms in total. The van der Waals surface area contributed by atoms with Gasteiger partial charge in [-0.05, 0) is 117 Å². The van der Waals surface area contributed by atoms with Gasteiger partial charge in [-0.2, -0.15) is 0 Å². The number of ether oxygens (including phenoxy) is 4. The number of nitrogens with zero attached hydrogens (tertiary/aromatic N) is 5. The van der Waals surface area contributed by atoms with Gasteiger partial charge in [0.2, 0.25) is 0 Å². The number of pyridine rings is 2. The minimum Gasteiger partial charge on any atom is -0.451 e. The molecule has 26 heteroatoms. The van der Waals surface area contributed by atoms with E-state index in [0.717, 1.165) is 38.6 Å². The first kappa shape index (κ1) is 73.5. The van der Waals surface area contributed by atoms with Gasteiger partial charge in [-0.3, -0.25) is 34.5 Å². The molecule has 9 aromatic rings. The van der Waals surface area contributed by atoms with E-state index in [1.165, 1.54) is 64.4 Å². The number of β-lactam (4-membered cyclic amide) rings is 2. The van der Waals surface area contributed by atoms with E-state index in [1.54, 1.807) is 135 Å². The number of hydrogen-bond donors (Lipinski definition) is 2. The summed E-state index contributed by atoms with van der Waals surface area (Å²) < 4.78 is 76.5. The first-order valence-electron chi connectivity index (χ1n) is 33.6. The maximum absolute atomic E-state index is 14.3. The molecular weight excluding hydrogens is 1400 g/mol. The van der Waals surface area contributed by atoms with Crippen LogP contribution >= 0.6 is 0 Å². The number of carbonyl (C=O) groups is 7. The number of sulfone groups is 2. The predicted octanol–water partition coefficient (Wildman–Crippen LogP) is 10.8. The highest BCUT2D eigenvalue weighted by Gasteiger charge is 2.73. The molecule has 4 saturated heterocycles. The van der Waals surface area contributed by atoms with Crippen molar-refractivity contribution in [3.63, 3.8) is 0 Å². The molecule has 6 heterocycles. The van der Waals surface area contributed by atoms with Crippen molar-refractivity contribution in [1.82, 2.24) is 30.4 Å². The van der Waals surface area contributed by atoms with Crippen LogP contribution in [0, 0.1) is 10.1 Å². The zero-order valence-corrected chi connectivity index (χ0v) is 59.7. The molecule has 13 rings (SSSR count). The first-order valence-corrected chi connectivity index (χ1v) is 36.7. The lowest BCUT2D eigenvalue weighted by atomic mass is 9.91. The summed E-state index contributed by atoms with van der Waals surface area (Å²) in [5.74, 6) is -5.48. The van der Waals surface area contributed by atoms with Crippen molar-refractivity contribution in [1.29, 1.82) is 0 Å². The Hall–Kier alpha value is -12.3. The molecule has 4 amide bonds. The van der Waals surface area contributed by atoms with E-state index < -0.39 is 128 Å². The molecule has 4 aliphatic heterocycles. The Morgan fingerprint density at radius 2 is 0.887 bits per heavy atom. The Morgan fingerprint density at radius 3 is 1.29 bits per heavy atom. The van der Waals surface area contributed by atoms with Crippen LogP contribution < -0.4 is 15.4 Å². The summed E-state index contributed by atoms with van der Waals surface area (Å²) in [4.78, 5) is 117. The van der Waals surface area contributed by atoms with Crippen molar-refractivity contribution in [2.45, 2.75) is 91.7 Å². The summed E-state index contributed by atoms with van der Waals surface area (Å²) in [5, 5.41) is 13.1. The number of non-ortho nitro benzene ring substituents is 1. The van der Waals surface area contributed by atoms with Crippen LogP contribution in [0.3, 0.4) is 0 Å². The van der Waals surface area contributed by atoms with Crippen molar-refractivity contribution in [2.75, 3.05) is 13.1 Å². The van der Waals surface area contributed by atoms with Crippen molar-refractivity contribution in [2.24, 2.45) is 0 Å². The molecule has 4 aliphatic rings. The number of aromatic nitrogens is 2. The Bertz CT molecular complexity index is 5080. The molecule has 2 N–H and O–H groups in total. The second kappa shape index (κ2) is 29.8. The molecule has 0 radical (unpaired) electrons. The van der Waals surface area contributed by atoms with E-state index in [9.17, 15) is 60.5 Å². The van der Waals surface area contributed by atoms with Crippen LogP contribution in [0.4, 0.5) is 10.5 Å². The Balaban J connectivity index is 0.000000204. The summed E-state index contributed by atoms with van der Waals surface area (Å²) in [6, 6.07) is 64.3. The number of carbonyl (C=O) groups excluding carboxylic acids is 7. The van der Waals surface area contributed by atoms with Crippen molar-refractivity contribution < 1.29 is 74.3 Å². The number of amides is 4. The number of nitrogens with one attached hydrogen (secondary N) is 2. The van der Waals surface area contributed by atoms with Gasteiger partial charge in [0.05, 0.1) is 38.6 Å². The molecule has 106 heavy (non-hydrogen) atoms. The number of alkyl carbamates (subject to hydrolysis) is 1. The number of nitro groups is 1. The molecular formula is C80H71N7O17S2. The lowest BCUT2D eigenvalue weighted by molar-refractivity contribution is -0.384. The molecule has 0 aliphatic carbocycles. The molecule has 4 atom stereocenters. The highest BCUT2D eigenvalue weighted by atomic mass is 32.2. The highest BCUT2D eigenvalue weighted by Crippen LogP contribution is 2.53. The van der Waals surface area contributed by atoms with Gasteiger partial charge in [0.1, 0.15) is 20.8 Å². The topological polar surface area (TPSA) is 324 Å². The first-order chi connectivity index (χ1) is 50.6. The SMILES string of the molecule is CC(C)(OC(=O)NCCNC(=O)/C(=C1\C(=O)N2[C@@H](C(=O)OC(c3ccccc3)c3ccccc3)C(C)(C)S(=O)(=O)[C@H]12)c1ccccn1)c1ccc(-c2ccccc2)cc1.CC1(C)[C@H](C(=O)OC(c2ccccc2)c2ccccc2)N2C(=O)/C(=C(\C(=O)Oc3ccc([N+](=O)[O-])cc3)c3ccccn3)[C@H]2S1(=O)=O. The second-order valence-corrected chi connectivity index (χ2v) is 31.9. The fourth-order valence-corrected chi connectivity index (χ4v) is 17.6. The quantitative estimate of drug-likeness (QED) is 0.0105. The van der Waals surface area contributed by atoms with Crippen LogP contribution in [-0.2, 0) is 68.3 Å². The molecule has 0 bridgehead atoms. The summed E-state index contributed by atoms with van der Waals surface area (Å²) >= 11 is 0. The number of nitro benzene ring substituents is 1. The summed E-state index contributed by atoms with van der Waals surface area (Å²) in [5.41, 5.74) is 2.91. The van der Waals surface area contributed by atoms with Gasteiger partial charge in [-0.15, -0.1) is 0 Å². The Labute approximate surface area is 610 Å². The summed E-state index contributed by atoms with van der Waals surface area (Å²) in [6.45, 7) is 8.83. The molecule has 540 valence electrons. The van der Waals surface area contributed by atoms with Gasteiger partial charge in [0.15, 0.2) is 54.7 Å². The highest BCUT2D eigenvalue weighted by molar-refractivity contribution is 7.94. The van der Waals surface area contributed by atoms with Gasteiger partial charge < -0.3 is 39.4 Å². The number of hydrogen-bond acceptors (Lipinski definition) is 19. The molecule has 0 saturated carbocycles. The van der Waals surface area contributed by atoms with Gasteiger partial charge in [-0.25, -0.2) is 36.0 Å². The van der Waals surface area contributed by atoms with E-state index >= 15 is 0 Å².